The van der Waals surface area contributed by atoms with Crippen LogP contribution in [0.4, 0.5) is 0 Å². The standard InChI is InChI=1S/C42H54N6O3/c1-8-16-47(40(49)17-26(5)9-2)23-38-43-22-36(45-38)30-12-14-32-31(19-30)25-51-37-21-33-29(20-34(32)37)13-15-35-42(33)46-39(44-35)24-48(28(7)11-4)41(50)18-27(6)10-3/h12-15,19-22,26-28H,8-11,16-18,23-25H2,1-7H3,(H,43,45)(H,44,46)/t26-,27-,28-/m0/s1. The molecule has 9 heteroatoms. The van der Waals surface area contributed by atoms with Crippen LogP contribution in [0.15, 0.2) is 48.7 Å². The molecule has 0 saturated carbocycles. The minimum Gasteiger partial charge on any atom is -0.488 e. The van der Waals surface area contributed by atoms with Gasteiger partial charge in [-0.25, -0.2) is 9.97 Å². The van der Waals surface area contributed by atoms with Crippen LogP contribution in [0.5, 0.6) is 5.75 Å². The Morgan fingerprint density at radius 2 is 1.61 bits per heavy atom. The predicted octanol–water partition coefficient (Wildman–Crippen LogP) is 9.40. The Morgan fingerprint density at radius 3 is 2.33 bits per heavy atom. The number of benzene rings is 3. The molecule has 9 nitrogen and oxygen atoms in total. The van der Waals surface area contributed by atoms with E-state index in [4.69, 9.17) is 9.72 Å². The van der Waals surface area contributed by atoms with Crippen molar-refractivity contribution in [3.8, 4) is 28.1 Å². The molecule has 2 amide bonds. The summed E-state index contributed by atoms with van der Waals surface area (Å²) in [6.45, 7) is 17.0. The number of H-pyrrole nitrogens is 2. The molecule has 0 radical (unpaired) electrons. The van der Waals surface area contributed by atoms with Gasteiger partial charge in [-0.15, -0.1) is 0 Å². The second-order valence-corrected chi connectivity index (χ2v) is 14.6. The van der Waals surface area contributed by atoms with Crippen molar-refractivity contribution in [3.63, 3.8) is 0 Å². The summed E-state index contributed by atoms with van der Waals surface area (Å²) >= 11 is 0. The molecule has 0 spiro atoms. The van der Waals surface area contributed by atoms with Gasteiger partial charge >= 0.3 is 0 Å². The molecule has 0 saturated heterocycles. The smallest absolute Gasteiger partial charge is 0.223 e. The van der Waals surface area contributed by atoms with Gasteiger partial charge in [0.15, 0.2) is 0 Å². The second kappa shape index (κ2) is 15.7. The topological polar surface area (TPSA) is 107 Å². The number of fused-ring (bicyclic) bond motifs is 6. The van der Waals surface area contributed by atoms with Gasteiger partial charge in [-0.3, -0.25) is 9.59 Å². The molecule has 2 N–H and O–H groups in total. The van der Waals surface area contributed by atoms with Gasteiger partial charge in [-0.05, 0) is 77.9 Å². The number of hydrogen-bond donors (Lipinski definition) is 2. The van der Waals surface area contributed by atoms with E-state index < -0.39 is 0 Å². The minimum absolute atomic E-state index is 0.133. The van der Waals surface area contributed by atoms with Crippen molar-refractivity contribution in [1.29, 1.82) is 0 Å². The van der Waals surface area contributed by atoms with Crippen molar-refractivity contribution >= 4 is 33.6 Å². The zero-order chi connectivity index (χ0) is 36.2. The molecule has 3 heterocycles. The zero-order valence-corrected chi connectivity index (χ0v) is 31.4. The first-order chi connectivity index (χ1) is 24.6. The van der Waals surface area contributed by atoms with Gasteiger partial charge in [0.2, 0.25) is 11.8 Å². The highest BCUT2D eigenvalue weighted by molar-refractivity contribution is 6.07. The predicted molar refractivity (Wildman–Crippen MR) is 205 cm³/mol. The fourth-order valence-electron chi connectivity index (χ4n) is 6.92. The van der Waals surface area contributed by atoms with E-state index in [0.717, 1.165) is 99.4 Å². The van der Waals surface area contributed by atoms with Gasteiger partial charge in [-0.2, -0.15) is 0 Å². The van der Waals surface area contributed by atoms with E-state index in [1.807, 2.05) is 16.0 Å². The molecule has 0 unspecified atom stereocenters. The van der Waals surface area contributed by atoms with Gasteiger partial charge < -0.3 is 24.5 Å². The van der Waals surface area contributed by atoms with Crippen LogP contribution in [0.25, 0.3) is 44.2 Å². The van der Waals surface area contributed by atoms with Crippen LogP contribution in [0.1, 0.15) is 104 Å². The van der Waals surface area contributed by atoms with Crippen LogP contribution in [0.3, 0.4) is 0 Å². The number of aromatic nitrogens is 4. The SMILES string of the molecule is CCCN(Cc1ncc(-c2ccc3c(c2)COc2cc4c(ccc5nc(CN(C(=O)C[C@@H](C)CC)[C@@H](C)CC)[nH]c54)cc2-3)[nH]1)C(=O)C[C@@H](C)CC. The van der Waals surface area contributed by atoms with Gasteiger partial charge in [0, 0.05) is 36.4 Å². The first kappa shape index (κ1) is 36.1. The van der Waals surface area contributed by atoms with E-state index in [9.17, 15) is 9.59 Å². The lowest BCUT2D eigenvalue weighted by molar-refractivity contribution is -0.135. The normalized spacial score (nSPS) is 14.1. The molecular formula is C42H54N6O3. The fourth-order valence-corrected chi connectivity index (χ4v) is 6.92. The number of rotatable bonds is 15. The minimum atomic E-state index is 0.133. The van der Waals surface area contributed by atoms with E-state index in [0.29, 0.717) is 44.4 Å². The summed E-state index contributed by atoms with van der Waals surface area (Å²) in [5, 5.41) is 2.15. The first-order valence-corrected chi connectivity index (χ1v) is 18.9. The Bertz CT molecular complexity index is 2010. The van der Waals surface area contributed by atoms with Crippen molar-refractivity contribution in [1.82, 2.24) is 29.7 Å². The highest BCUT2D eigenvalue weighted by atomic mass is 16.5. The lowest BCUT2D eigenvalue weighted by atomic mass is 9.92. The highest BCUT2D eigenvalue weighted by Crippen LogP contribution is 2.42. The molecule has 0 bridgehead atoms. The molecule has 5 aromatic rings. The molecule has 2 aromatic heterocycles. The molecule has 51 heavy (non-hydrogen) atoms. The Balaban J connectivity index is 1.23. The summed E-state index contributed by atoms with van der Waals surface area (Å²) < 4.78 is 6.39. The van der Waals surface area contributed by atoms with Crippen molar-refractivity contribution in [3.05, 3.63) is 65.9 Å². The van der Waals surface area contributed by atoms with Gasteiger partial charge in [0.1, 0.15) is 24.0 Å². The Hall–Kier alpha value is -4.66. The number of imidazole rings is 2. The number of carbonyl (C=O) groups is 2. The van der Waals surface area contributed by atoms with Gasteiger partial charge in [-0.1, -0.05) is 72.6 Å². The van der Waals surface area contributed by atoms with E-state index in [1.165, 1.54) is 0 Å². The highest BCUT2D eigenvalue weighted by Gasteiger charge is 2.24. The Labute approximate surface area is 302 Å². The van der Waals surface area contributed by atoms with Gasteiger partial charge in [0.05, 0.1) is 36.0 Å². The molecule has 270 valence electrons. The lowest BCUT2D eigenvalue weighted by Crippen LogP contribution is -2.38. The van der Waals surface area contributed by atoms with E-state index in [1.54, 1.807) is 0 Å². The monoisotopic (exact) mass is 690 g/mol. The molecule has 3 aromatic carbocycles. The third-order valence-corrected chi connectivity index (χ3v) is 10.7. The van der Waals surface area contributed by atoms with Crippen LogP contribution in [0, 0.1) is 11.8 Å². The van der Waals surface area contributed by atoms with Crippen molar-refractivity contribution in [2.75, 3.05) is 6.54 Å². The summed E-state index contributed by atoms with van der Waals surface area (Å²) in [5.41, 5.74) is 7.14. The molecule has 1 aliphatic rings. The molecule has 0 fully saturated rings. The number of hydrogen-bond acceptors (Lipinski definition) is 5. The average Bonchev–Trinajstić information content (AvgIpc) is 3.79. The molecule has 0 aliphatic carbocycles. The number of amides is 2. The molecule has 3 atom stereocenters. The summed E-state index contributed by atoms with van der Waals surface area (Å²) in [4.78, 5) is 46.8. The second-order valence-electron chi connectivity index (χ2n) is 14.6. The number of aromatic amines is 2. The molecule has 1 aliphatic heterocycles. The van der Waals surface area contributed by atoms with E-state index in [-0.39, 0.29) is 17.9 Å². The number of carbonyl (C=O) groups excluding carboxylic acids is 2. The number of ether oxygens (including phenoxy) is 1. The number of nitrogens with zero attached hydrogens (tertiary/aromatic N) is 4. The van der Waals surface area contributed by atoms with Crippen molar-refractivity contribution < 1.29 is 14.3 Å². The number of nitrogens with one attached hydrogen (secondary N) is 2. The maximum atomic E-state index is 13.3. The maximum absolute atomic E-state index is 13.3. The van der Waals surface area contributed by atoms with E-state index in [2.05, 4.69) is 106 Å². The van der Waals surface area contributed by atoms with Crippen molar-refractivity contribution in [2.24, 2.45) is 11.8 Å². The maximum Gasteiger partial charge on any atom is 0.223 e. The van der Waals surface area contributed by atoms with Crippen LogP contribution < -0.4 is 4.74 Å². The van der Waals surface area contributed by atoms with Gasteiger partial charge in [0.25, 0.3) is 0 Å². The Kier molecular flexibility index (Phi) is 11.1. The first-order valence-electron chi connectivity index (χ1n) is 18.9. The summed E-state index contributed by atoms with van der Waals surface area (Å²) in [6.07, 6.45) is 6.76. The van der Waals surface area contributed by atoms with Crippen LogP contribution >= 0.6 is 0 Å². The fraction of sp³-hybridized carbons (Fsp3) is 0.476. The third kappa shape index (κ3) is 7.82. The largest absolute Gasteiger partial charge is 0.488 e. The third-order valence-electron chi connectivity index (χ3n) is 10.7. The molecule has 6 rings (SSSR count). The lowest BCUT2D eigenvalue weighted by Gasteiger charge is -2.29. The summed E-state index contributed by atoms with van der Waals surface area (Å²) in [7, 11) is 0. The summed E-state index contributed by atoms with van der Waals surface area (Å²) in [6, 6.07) is 15.1. The molecular weight excluding hydrogens is 637 g/mol. The van der Waals surface area contributed by atoms with Crippen molar-refractivity contribution in [2.45, 2.75) is 113 Å². The van der Waals surface area contributed by atoms with E-state index >= 15 is 0 Å². The van der Waals surface area contributed by atoms with Crippen LogP contribution in [-0.4, -0.2) is 54.1 Å². The zero-order valence-electron chi connectivity index (χ0n) is 31.4. The summed E-state index contributed by atoms with van der Waals surface area (Å²) in [5.74, 6) is 3.53. The quantitative estimate of drug-likeness (QED) is 0.114. The van der Waals surface area contributed by atoms with Crippen LogP contribution in [0.2, 0.25) is 0 Å². The van der Waals surface area contributed by atoms with Crippen LogP contribution in [-0.2, 0) is 29.3 Å². The Morgan fingerprint density at radius 1 is 0.843 bits per heavy atom. The average molecular weight is 691 g/mol.